The zero-order valence-electron chi connectivity index (χ0n) is 10.9. The van der Waals surface area contributed by atoms with Crippen LogP contribution in [0.25, 0.3) is 10.9 Å². The van der Waals surface area contributed by atoms with E-state index in [0.717, 1.165) is 0 Å². The molecule has 0 unspecified atom stereocenters. The molecule has 0 aliphatic heterocycles. The molecule has 9 heteroatoms. The molecule has 0 saturated carbocycles. The summed E-state index contributed by atoms with van der Waals surface area (Å²) in [6, 6.07) is 7.70. The first kappa shape index (κ1) is 15.5. The molecule has 5 nitrogen and oxygen atoms in total. The van der Waals surface area contributed by atoms with Gasteiger partial charge in [0.15, 0.2) is 0 Å². The minimum absolute atomic E-state index is 0.165. The number of hydrogen-bond acceptors (Lipinski definition) is 4. The molecule has 0 saturated heterocycles. The van der Waals surface area contributed by atoms with E-state index >= 15 is 0 Å². The van der Waals surface area contributed by atoms with Crippen LogP contribution < -0.4 is 10.0 Å². The Hall–Kier alpha value is -1.87. The fraction of sp³-hybridized carbons (Fsp3) is 0.250. The monoisotopic (exact) mass is 319 g/mol. The Balaban J connectivity index is 2.51. The van der Waals surface area contributed by atoms with Crippen molar-refractivity contribution < 1.29 is 21.6 Å². The molecule has 21 heavy (non-hydrogen) atoms. The van der Waals surface area contributed by atoms with Crippen LogP contribution in [0.4, 0.5) is 18.9 Å². The van der Waals surface area contributed by atoms with Crippen molar-refractivity contribution in [2.45, 2.75) is 12.1 Å². The smallest absolute Gasteiger partial charge is 0.314 e. The van der Waals surface area contributed by atoms with Gasteiger partial charge in [-0.2, -0.15) is 21.6 Å². The standard InChI is InChI=1S/C12H12F3N3O2S/c1-16-7-9-6-5-8-3-2-4-10(11(8)17-9)18-21(19,20)12(13,14)15/h2-6,16,18H,7H2,1H3. The highest BCUT2D eigenvalue weighted by atomic mass is 32.2. The first-order chi connectivity index (χ1) is 9.74. The highest BCUT2D eigenvalue weighted by molar-refractivity contribution is 7.93. The number of benzene rings is 1. The largest absolute Gasteiger partial charge is 0.516 e. The minimum Gasteiger partial charge on any atom is -0.314 e. The van der Waals surface area contributed by atoms with E-state index in [9.17, 15) is 21.6 Å². The summed E-state index contributed by atoms with van der Waals surface area (Å²) in [7, 11) is -3.77. The first-order valence-electron chi connectivity index (χ1n) is 5.87. The Morgan fingerprint density at radius 2 is 1.90 bits per heavy atom. The lowest BCUT2D eigenvalue weighted by molar-refractivity contribution is -0.0429. The summed E-state index contributed by atoms with van der Waals surface area (Å²) in [4.78, 5) is 4.17. The highest BCUT2D eigenvalue weighted by Crippen LogP contribution is 2.28. The number of rotatable bonds is 4. The predicted octanol–water partition coefficient (Wildman–Crippen LogP) is 2.22. The highest BCUT2D eigenvalue weighted by Gasteiger charge is 2.46. The molecule has 1 aromatic carbocycles. The van der Waals surface area contributed by atoms with Gasteiger partial charge < -0.3 is 5.32 Å². The number of fused-ring (bicyclic) bond motifs is 1. The van der Waals surface area contributed by atoms with E-state index in [2.05, 4.69) is 10.3 Å². The second-order valence-electron chi connectivity index (χ2n) is 4.26. The van der Waals surface area contributed by atoms with Crippen LogP contribution >= 0.6 is 0 Å². The molecule has 2 N–H and O–H groups in total. The molecule has 0 spiro atoms. The quantitative estimate of drug-likeness (QED) is 0.906. The van der Waals surface area contributed by atoms with Crippen molar-refractivity contribution >= 4 is 26.6 Å². The van der Waals surface area contributed by atoms with Crippen LogP contribution in [0.2, 0.25) is 0 Å². The molecule has 0 aliphatic rings. The van der Waals surface area contributed by atoms with Gasteiger partial charge in [0, 0.05) is 11.9 Å². The zero-order chi connectivity index (χ0) is 15.7. The van der Waals surface area contributed by atoms with Gasteiger partial charge in [-0.3, -0.25) is 4.72 Å². The van der Waals surface area contributed by atoms with Gasteiger partial charge in [0.25, 0.3) is 0 Å². The second-order valence-corrected chi connectivity index (χ2v) is 5.94. The van der Waals surface area contributed by atoms with E-state index in [1.165, 1.54) is 16.9 Å². The molecule has 1 aromatic heterocycles. The Bertz CT molecular complexity index is 760. The lowest BCUT2D eigenvalue weighted by atomic mass is 10.2. The van der Waals surface area contributed by atoms with Crippen molar-refractivity contribution in [2.24, 2.45) is 0 Å². The maximum absolute atomic E-state index is 12.4. The van der Waals surface area contributed by atoms with Gasteiger partial charge >= 0.3 is 15.5 Å². The topological polar surface area (TPSA) is 71.1 Å². The predicted molar refractivity (Wildman–Crippen MR) is 73.1 cm³/mol. The maximum atomic E-state index is 12.4. The van der Waals surface area contributed by atoms with Crippen LogP contribution in [0.5, 0.6) is 0 Å². The van der Waals surface area contributed by atoms with Gasteiger partial charge in [-0.15, -0.1) is 0 Å². The molecule has 0 radical (unpaired) electrons. The number of sulfonamides is 1. The fourth-order valence-corrected chi connectivity index (χ4v) is 2.32. The van der Waals surface area contributed by atoms with Crippen LogP contribution in [0, 0.1) is 0 Å². The Labute approximate surface area is 119 Å². The lowest BCUT2D eigenvalue weighted by Gasteiger charge is -2.12. The van der Waals surface area contributed by atoms with Crippen molar-refractivity contribution in [3.05, 3.63) is 36.0 Å². The molecule has 0 atom stereocenters. The number of aromatic nitrogens is 1. The van der Waals surface area contributed by atoms with Crippen molar-refractivity contribution in [1.29, 1.82) is 0 Å². The van der Waals surface area contributed by atoms with Gasteiger partial charge in [0.05, 0.1) is 16.9 Å². The van der Waals surface area contributed by atoms with Crippen molar-refractivity contribution in [3.63, 3.8) is 0 Å². The van der Waals surface area contributed by atoms with Gasteiger partial charge in [0.1, 0.15) is 0 Å². The summed E-state index contributed by atoms with van der Waals surface area (Å²) in [5.74, 6) is 0. The van der Waals surface area contributed by atoms with Crippen LogP contribution in [0.1, 0.15) is 5.69 Å². The van der Waals surface area contributed by atoms with Gasteiger partial charge in [-0.1, -0.05) is 18.2 Å². The van der Waals surface area contributed by atoms with E-state index < -0.39 is 15.5 Å². The Morgan fingerprint density at radius 1 is 1.19 bits per heavy atom. The molecule has 0 fully saturated rings. The Morgan fingerprint density at radius 3 is 2.52 bits per heavy atom. The number of hydrogen-bond donors (Lipinski definition) is 2. The number of pyridine rings is 1. The molecular weight excluding hydrogens is 307 g/mol. The van der Waals surface area contributed by atoms with Crippen LogP contribution in [-0.4, -0.2) is 26.0 Å². The Kier molecular flexibility index (Phi) is 4.06. The SMILES string of the molecule is CNCc1ccc2cccc(NS(=O)(=O)C(F)(F)F)c2n1. The molecule has 114 valence electrons. The third kappa shape index (κ3) is 3.24. The summed E-state index contributed by atoms with van der Waals surface area (Å²) in [6.45, 7) is 0.413. The number of halogens is 3. The van der Waals surface area contributed by atoms with E-state index in [1.54, 1.807) is 25.2 Å². The second kappa shape index (κ2) is 5.49. The number of nitrogens with zero attached hydrogens (tertiary/aromatic N) is 1. The van der Waals surface area contributed by atoms with Crippen molar-refractivity contribution in [2.75, 3.05) is 11.8 Å². The zero-order valence-corrected chi connectivity index (χ0v) is 11.7. The van der Waals surface area contributed by atoms with Crippen molar-refractivity contribution in [3.8, 4) is 0 Å². The fourth-order valence-electron chi connectivity index (χ4n) is 1.75. The van der Waals surface area contributed by atoms with Crippen molar-refractivity contribution in [1.82, 2.24) is 10.3 Å². The molecule has 2 rings (SSSR count). The maximum Gasteiger partial charge on any atom is 0.516 e. The summed E-state index contributed by atoms with van der Waals surface area (Å²) >= 11 is 0. The summed E-state index contributed by atoms with van der Waals surface area (Å²) in [5, 5.41) is 3.40. The van der Waals surface area contributed by atoms with Gasteiger partial charge in [-0.25, -0.2) is 4.98 Å². The average Bonchev–Trinajstić information content (AvgIpc) is 2.38. The minimum atomic E-state index is -5.47. The normalized spacial score (nSPS) is 12.6. The third-order valence-corrected chi connectivity index (χ3v) is 3.78. The molecule has 2 aromatic rings. The van der Waals surface area contributed by atoms with E-state index in [0.29, 0.717) is 17.6 Å². The third-order valence-electron chi connectivity index (χ3n) is 2.68. The number of nitrogens with one attached hydrogen (secondary N) is 2. The van der Waals surface area contributed by atoms with E-state index in [1.807, 2.05) is 0 Å². The molecule has 0 amide bonds. The number of para-hydroxylation sites is 1. The first-order valence-corrected chi connectivity index (χ1v) is 7.35. The average molecular weight is 319 g/mol. The van der Waals surface area contributed by atoms with Crippen LogP contribution in [-0.2, 0) is 16.6 Å². The molecule has 0 aliphatic carbocycles. The van der Waals surface area contributed by atoms with Crippen LogP contribution in [0.3, 0.4) is 0 Å². The summed E-state index contributed by atoms with van der Waals surface area (Å²) < 4.78 is 61.2. The lowest BCUT2D eigenvalue weighted by Crippen LogP contribution is -2.30. The molecular formula is C12H12F3N3O2S. The van der Waals surface area contributed by atoms with Gasteiger partial charge in [-0.05, 0) is 19.2 Å². The number of anilines is 1. The number of alkyl halides is 3. The molecule has 1 heterocycles. The summed E-state index contributed by atoms with van der Waals surface area (Å²) in [6.07, 6.45) is 0. The van der Waals surface area contributed by atoms with E-state index in [-0.39, 0.29) is 11.2 Å². The van der Waals surface area contributed by atoms with E-state index in [4.69, 9.17) is 0 Å². The van der Waals surface area contributed by atoms with Gasteiger partial charge in [0.2, 0.25) is 0 Å². The molecule has 0 bridgehead atoms. The van der Waals surface area contributed by atoms with Crippen LogP contribution in [0.15, 0.2) is 30.3 Å². The summed E-state index contributed by atoms with van der Waals surface area (Å²) in [5.41, 5.74) is -4.83.